The molecule has 8 N–H and O–H groups in total. The lowest BCUT2D eigenvalue weighted by Crippen LogP contribution is -2.34. The molecule has 4 aromatic heterocycles. The summed E-state index contributed by atoms with van der Waals surface area (Å²) in [5, 5.41) is 13.3. The number of carbonyl (C=O) groups is 2. The lowest BCUT2D eigenvalue weighted by molar-refractivity contribution is -0.137. The van der Waals surface area contributed by atoms with Crippen LogP contribution >= 0.6 is 23.2 Å². The summed E-state index contributed by atoms with van der Waals surface area (Å²) in [4.78, 5) is 67.5. The van der Waals surface area contributed by atoms with Crippen molar-refractivity contribution >= 4 is 46.7 Å². The summed E-state index contributed by atoms with van der Waals surface area (Å²) in [5.41, 5.74) is 25.2. The van der Waals surface area contributed by atoms with Crippen LogP contribution in [0.15, 0.2) is 155 Å². The number of amides is 1. The van der Waals surface area contributed by atoms with Crippen molar-refractivity contribution in [3.05, 3.63) is 222 Å². The third kappa shape index (κ3) is 16.3. The van der Waals surface area contributed by atoms with Gasteiger partial charge in [-0.15, -0.1) is 0 Å². The second-order valence-corrected chi connectivity index (χ2v) is 17.9. The number of nitrogens with zero attached hydrogens (tertiary/aromatic N) is 6. The summed E-state index contributed by atoms with van der Waals surface area (Å²) < 4.78 is 2.74. The number of carbonyl (C=O) groups excluding carboxylic acids is 1. The molecular formula is C56H58Cl2N10O5. The molecule has 0 aliphatic heterocycles. The second kappa shape index (κ2) is 27.0. The summed E-state index contributed by atoms with van der Waals surface area (Å²) in [7, 11) is 0. The Balaban J connectivity index is 0.000000205. The van der Waals surface area contributed by atoms with Crippen LogP contribution in [0.5, 0.6) is 0 Å². The van der Waals surface area contributed by atoms with Crippen LogP contribution in [0.4, 0.5) is 11.6 Å². The van der Waals surface area contributed by atoms with Gasteiger partial charge >= 0.3 is 5.97 Å². The van der Waals surface area contributed by atoms with Gasteiger partial charge in [0.2, 0.25) is 5.91 Å². The zero-order chi connectivity index (χ0) is 52.3. The van der Waals surface area contributed by atoms with Crippen molar-refractivity contribution in [1.29, 1.82) is 0 Å². The molecule has 73 heavy (non-hydrogen) atoms. The largest absolute Gasteiger partial charge is 0.480 e. The Morgan fingerprint density at radius 2 is 1.00 bits per heavy atom. The van der Waals surface area contributed by atoms with Crippen molar-refractivity contribution in [2.75, 3.05) is 11.5 Å². The van der Waals surface area contributed by atoms with Gasteiger partial charge in [0.25, 0.3) is 11.1 Å². The number of halogens is 2. The van der Waals surface area contributed by atoms with Gasteiger partial charge in [-0.2, -0.15) is 0 Å². The quantitative estimate of drug-likeness (QED) is 0.0576. The van der Waals surface area contributed by atoms with Crippen molar-refractivity contribution in [1.82, 2.24) is 34.4 Å². The molecule has 0 unspecified atom stereocenters. The normalized spacial score (nSPS) is 10.6. The number of nitrogens with two attached hydrogens (primary N) is 3. The number of carboxylic acid groups (broad SMARTS) is 1. The van der Waals surface area contributed by atoms with E-state index in [1.165, 1.54) is 20.3 Å². The fourth-order valence-electron chi connectivity index (χ4n) is 7.78. The number of hydrogen-bond donors (Lipinski definition) is 5. The molecule has 8 aromatic rings. The molecule has 15 nitrogen and oxygen atoms in total. The smallest absolute Gasteiger partial charge is 0.323 e. The molecule has 0 saturated carbocycles. The minimum atomic E-state index is -1.08. The van der Waals surface area contributed by atoms with Gasteiger partial charge in [0.05, 0.1) is 23.8 Å². The molecule has 0 spiro atoms. The van der Waals surface area contributed by atoms with Crippen molar-refractivity contribution in [2.45, 2.75) is 78.6 Å². The highest BCUT2D eigenvalue weighted by Crippen LogP contribution is 2.22. The fraction of sp³-hybridized carbons (Fsp3) is 0.214. The third-order valence-electron chi connectivity index (χ3n) is 11.7. The number of hydrogen-bond acceptors (Lipinski definition) is 11. The zero-order valence-electron chi connectivity index (χ0n) is 40.7. The highest BCUT2D eigenvalue weighted by molar-refractivity contribution is 6.30. The summed E-state index contributed by atoms with van der Waals surface area (Å²) >= 11 is 12.0. The Morgan fingerprint density at radius 3 is 1.41 bits per heavy atom. The average Bonchev–Trinajstić information content (AvgIpc) is 3.37. The average molecular weight is 1020 g/mol. The molecule has 376 valence electrons. The van der Waals surface area contributed by atoms with E-state index in [1.807, 2.05) is 86.6 Å². The molecular weight excluding hydrogens is 964 g/mol. The van der Waals surface area contributed by atoms with E-state index in [-0.39, 0.29) is 30.1 Å². The van der Waals surface area contributed by atoms with Crippen LogP contribution in [0.3, 0.4) is 0 Å². The van der Waals surface area contributed by atoms with Crippen molar-refractivity contribution in [3.8, 4) is 22.5 Å². The van der Waals surface area contributed by atoms with Gasteiger partial charge in [-0.3, -0.25) is 38.3 Å². The molecule has 0 aliphatic carbocycles. The van der Waals surface area contributed by atoms with Crippen molar-refractivity contribution < 1.29 is 14.7 Å². The Bertz CT molecular complexity index is 3230. The molecule has 0 bridgehead atoms. The number of nitrogen functional groups attached to an aromatic ring is 2. The molecule has 8 rings (SSSR count). The maximum Gasteiger partial charge on any atom is 0.323 e. The number of nitrogens with one attached hydrogen (secondary N) is 1. The van der Waals surface area contributed by atoms with Crippen LogP contribution in [-0.2, 0) is 61.5 Å². The van der Waals surface area contributed by atoms with Crippen molar-refractivity contribution in [3.63, 3.8) is 0 Å². The van der Waals surface area contributed by atoms with Crippen LogP contribution in [0.1, 0.15) is 57.9 Å². The van der Waals surface area contributed by atoms with Gasteiger partial charge in [0, 0.05) is 34.5 Å². The zero-order valence-corrected chi connectivity index (χ0v) is 42.2. The summed E-state index contributed by atoms with van der Waals surface area (Å²) in [5.74, 6) is -0.383. The van der Waals surface area contributed by atoms with Gasteiger partial charge < -0.3 is 27.6 Å². The molecule has 0 aliphatic rings. The summed E-state index contributed by atoms with van der Waals surface area (Å²) in [6, 6.07) is 41.3. The van der Waals surface area contributed by atoms with Gasteiger partial charge in [-0.1, -0.05) is 120 Å². The highest BCUT2D eigenvalue weighted by atomic mass is 35.5. The van der Waals surface area contributed by atoms with E-state index < -0.39 is 12.5 Å². The molecule has 4 heterocycles. The van der Waals surface area contributed by atoms with Crippen LogP contribution in [0.25, 0.3) is 22.5 Å². The summed E-state index contributed by atoms with van der Waals surface area (Å²) in [6.45, 7) is 4.01. The van der Waals surface area contributed by atoms with E-state index in [0.29, 0.717) is 69.4 Å². The first kappa shape index (κ1) is 54.4. The first-order valence-corrected chi connectivity index (χ1v) is 24.3. The van der Waals surface area contributed by atoms with E-state index in [0.717, 1.165) is 53.8 Å². The van der Waals surface area contributed by atoms with Gasteiger partial charge in [-0.05, 0) is 122 Å². The lowest BCUT2D eigenvalue weighted by Gasteiger charge is -2.15. The minimum Gasteiger partial charge on any atom is -0.480 e. The maximum atomic E-state index is 13.4. The number of aromatic nitrogens is 6. The second-order valence-electron chi connectivity index (χ2n) is 17.0. The SMILES string of the molecule is Cc1nc(N)ccc1CN.Cc1nc(N)ccc1CNC(=O)Cn1c(-c2ccc(Cl)cc2)cnc(CCCc2ccccc2)c1=O.O=C(O)Cn1c(-c2ccc(Cl)cc2)cnc(CCCc2ccccc2)c1=O. The Kier molecular flexibility index (Phi) is 20.1. The van der Waals surface area contributed by atoms with Crippen LogP contribution in [0.2, 0.25) is 10.0 Å². The van der Waals surface area contributed by atoms with E-state index >= 15 is 0 Å². The molecule has 0 atom stereocenters. The number of benzene rings is 4. The van der Waals surface area contributed by atoms with Gasteiger partial charge in [0.15, 0.2) is 0 Å². The van der Waals surface area contributed by atoms with E-state index in [9.17, 15) is 24.3 Å². The number of pyridine rings is 2. The van der Waals surface area contributed by atoms with E-state index in [4.69, 9.17) is 40.4 Å². The van der Waals surface area contributed by atoms with Gasteiger partial charge in [-0.25, -0.2) is 9.97 Å². The van der Waals surface area contributed by atoms with Crippen LogP contribution in [0, 0.1) is 13.8 Å². The minimum absolute atomic E-state index is 0.132. The highest BCUT2D eigenvalue weighted by Gasteiger charge is 2.17. The maximum absolute atomic E-state index is 13.4. The Hall–Kier alpha value is -7.98. The lowest BCUT2D eigenvalue weighted by atomic mass is 10.1. The first-order valence-electron chi connectivity index (χ1n) is 23.6. The first-order chi connectivity index (χ1) is 35.2. The number of aliphatic carboxylic acids is 1. The predicted octanol–water partition coefficient (Wildman–Crippen LogP) is 8.60. The number of rotatable bonds is 17. The summed E-state index contributed by atoms with van der Waals surface area (Å²) in [6.07, 6.45) is 7.45. The van der Waals surface area contributed by atoms with E-state index in [2.05, 4.69) is 37.4 Å². The molecule has 0 saturated heterocycles. The molecule has 1 amide bonds. The molecule has 0 radical (unpaired) electrons. The molecule has 17 heteroatoms. The number of aryl methyl sites for hydroxylation is 6. The Labute approximate surface area is 433 Å². The molecule has 0 fully saturated rings. The van der Waals surface area contributed by atoms with Crippen LogP contribution < -0.4 is 33.6 Å². The van der Waals surface area contributed by atoms with E-state index in [1.54, 1.807) is 60.9 Å². The number of anilines is 2. The molecule has 4 aromatic carbocycles. The number of carboxylic acids is 1. The van der Waals surface area contributed by atoms with Gasteiger partial charge in [0.1, 0.15) is 36.1 Å². The monoisotopic (exact) mass is 1020 g/mol. The fourth-order valence-corrected chi connectivity index (χ4v) is 8.03. The van der Waals surface area contributed by atoms with Crippen molar-refractivity contribution in [2.24, 2.45) is 5.73 Å². The Morgan fingerprint density at radius 1 is 0.575 bits per heavy atom. The van der Waals surface area contributed by atoms with Crippen LogP contribution in [-0.4, -0.2) is 46.1 Å². The predicted molar refractivity (Wildman–Crippen MR) is 289 cm³/mol. The topological polar surface area (TPSA) is 240 Å². The standard InChI is InChI=1S/C28H28ClN5O2.C21H19ClN2O3.C7H11N3/c1-19-22(12-15-26(30)33-19)16-32-27(35)18-34-25(21-10-13-23(29)14-11-21)17-31-24(28(34)36)9-5-8-20-6-3-2-4-7-20;22-17-11-9-16(10-12-17)19-13-23-18(21(27)24(19)14-20(25)26)8-4-7-15-5-2-1-3-6-15;1-5-6(4-8)2-3-7(9)10-5/h2-4,6-7,10-15,17H,5,8-9,16,18H2,1H3,(H2,30,33)(H,32,35);1-3,5-6,9-13H,4,7-8,14H2,(H,25,26);2-3H,4,8H2,1H3,(H2,9,10). The third-order valence-corrected chi connectivity index (χ3v) is 12.2.